The summed E-state index contributed by atoms with van der Waals surface area (Å²) < 4.78 is 30.8. The number of piperidine rings is 1. The molecule has 0 spiro atoms. The van der Waals surface area contributed by atoms with E-state index in [0.29, 0.717) is 13.0 Å². The third-order valence-electron chi connectivity index (χ3n) is 3.07. The van der Waals surface area contributed by atoms with Crippen molar-refractivity contribution >= 4 is 16.1 Å². The first-order valence-corrected chi connectivity index (χ1v) is 7.90. The Morgan fingerprint density at radius 1 is 1.65 bits per heavy atom. The fourth-order valence-electron chi connectivity index (χ4n) is 2.14. The molecule has 1 unspecified atom stereocenters. The van der Waals surface area contributed by atoms with Crippen LogP contribution in [0.3, 0.4) is 0 Å². The van der Waals surface area contributed by atoms with Crippen LogP contribution in [0.15, 0.2) is 17.6 Å². The van der Waals surface area contributed by atoms with Crippen molar-refractivity contribution in [1.82, 2.24) is 19.6 Å². The van der Waals surface area contributed by atoms with E-state index in [1.54, 1.807) is 6.92 Å². The highest BCUT2D eigenvalue weighted by molar-refractivity contribution is 7.89. The molecule has 1 aliphatic rings. The average Bonchev–Trinajstić information content (AvgIpc) is 2.94. The van der Waals surface area contributed by atoms with Gasteiger partial charge < -0.3 is 15.0 Å². The number of imidazole rings is 1. The van der Waals surface area contributed by atoms with Crippen LogP contribution in [0.25, 0.3) is 0 Å². The topological polar surface area (TPSA) is 104 Å². The third kappa shape index (κ3) is 3.28. The highest BCUT2D eigenvalue weighted by atomic mass is 32.2. The lowest BCUT2D eigenvalue weighted by atomic mass is 10.1. The van der Waals surface area contributed by atoms with E-state index in [-0.39, 0.29) is 24.2 Å². The number of nitrogens with zero attached hydrogens (tertiary/aromatic N) is 2. The van der Waals surface area contributed by atoms with Crippen LogP contribution in [0, 0.1) is 0 Å². The lowest BCUT2D eigenvalue weighted by Crippen LogP contribution is -2.49. The maximum absolute atomic E-state index is 12.3. The first-order chi connectivity index (χ1) is 9.54. The third-order valence-corrected chi connectivity index (χ3v) is 4.86. The predicted molar refractivity (Wildman–Crippen MR) is 70.5 cm³/mol. The molecule has 1 aromatic rings. The first-order valence-electron chi connectivity index (χ1n) is 6.46. The molecule has 1 saturated heterocycles. The van der Waals surface area contributed by atoms with E-state index in [1.165, 1.54) is 16.8 Å². The summed E-state index contributed by atoms with van der Waals surface area (Å²) in [7, 11) is -3.58. The van der Waals surface area contributed by atoms with Crippen LogP contribution in [0.1, 0.15) is 19.8 Å². The number of aromatic amines is 1. The summed E-state index contributed by atoms with van der Waals surface area (Å²) in [6, 6.07) is -0.236. The standard InChI is InChI=1S/C11H18N4O4S/c1-2-19-11(16)14-9-4-3-5-15(7-9)20(17,18)10-6-12-8-13-10/h6,8-9H,2-5,7H2,1H3,(H,12,13)(H,14,16). The normalized spacial score (nSPS) is 20.6. The summed E-state index contributed by atoms with van der Waals surface area (Å²) in [6.07, 6.45) is 3.50. The van der Waals surface area contributed by atoms with Gasteiger partial charge in [-0.25, -0.2) is 18.2 Å². The molecular formula is C11H18N4O4S. The molecule has 9 heteroatoms. The Kier molecular flexibility index (Phi) is 4.61. The largest absolute Gasteiger partial charge is 0.450 e. The lowest BCUT2D eigenvalue weighted by molar-refractivity contribution is 0.142. The van der Waals surface area contributed by atoms with Crippen molar-refractivity contribution in [2.75, 3.05) is 19.7 Å². The van der Waals surface area contributed by atoms with Gasteiger partial charge in [-0.15, -0.1) is 0 Å². The van der Waals surface area contributed by atoms with Gasteiger partial charge in [0.2, 0.25) is 0 Å². The molecule has 0 bridgehead atoms. The minimum absolute atomic E-state index is 0.0642. The Morgan fingerprint density at radius 2 is 2.45 bits per heavy atom. The molecule has 1 aromatic heterocycles. The molecule has 8 nitrogen and oxygen atoms in total. The number of sulfonamides is 1. The Hall–Kier alpha value is -1.61. The van der Waals surface area contributed by atoms with Crippen molar-refractivity contribution < 1.29 is 17.9 Å². The van der Waals surface area contributed by atoms with E-state index in [0.717, 1.165) is 6.42 Å². The summed E-state index contributed by atoms with van der Waals surface area (Å²) in [5.74, 6) is 0. The second-order valence-corrected chi connectivity index (χ2v) is 6.39. The van der Waals surface area contributed by atoms with Gasteiger partial charge in [-0.2, -0.15) is 4.31 Å². The van der Waals surface area contributed by atoms with Crippen LogP contribution >= 0.6 is 0 Å². The summed E-state index contributed by atoms with van der Waals surface area (Å²) in [5, 5.41) is 2.74. The number of carbonyl (C=O) groups excluding carboxylic acids is 1. The van der Waals surface area contributed by atoms with Crippen LogP contribution in [0.5, 0.6) is 0 Å². The molecule has 2 N–H and O–H groups in total. The number of nitrogens with one attached hydrogen (secondary N) is 2. The van der Waals surface area contributed by atoms with Gasteiger partial charge in [0.25, 0.3) is 10.0 Å². The van der Waals surface area contributed by atoms with Crippen LogP contribution in [-0.2, 0) is 14.8 Å². The van der Waals surface area contributed by atoms with E-state index in [1.807, 2.05) is 0 Å². The van der Waals surface area contributed by atoms with Gasteiger partial charge in [0.05, 0.1) is 19.1 Å². The molecule has 1 amide bonds. The van der Waals surface area contributed by atoms with Crippen LogP contribution in [-0.4, -0.2) is 54.5 Å². The SMILES string of the molecule is CCOC(=O)NC1CCCN(S(=O)(=O)c2cnc[nH]2)C1. The summed E-state index contributed by atoms with van der Waals surface area (Å²) in [6.45, 7) is 2.67. The maximum Gasteiger partial charge on any atom is 0.407 e. The number of amides is 1. The van der Waals surface area contributed by atoms with E-state index in [4.69, 9.17) is 4.74 Å². The van der Waals surface area contributed by atoms with Gasteiger partial charge in [0, 0.05) is 19.1 Å². The zero-order chi connectivity index (χ0) is 14.6. The molecule has 0 radical (unpaired) electrons. The molecule has 1 fully saturated rings. The zero-order valence-electron chi connectivity index (χ0n) is 11.2. The molecule has 0 aliphatic carbocycles. The Balaban J connectivity index is 2.02. The van der Waals surface area contributed by atoms with Crippen molar-refractivity contribution in [2.24, 2.45) is 0 Å². The highest BCUT2D eigenvalue weighted by Gasteiger charge is 2.31. The molecule has 1 atom stereocenters. The first kappa shape index (κ1) is 14.8. The van der Waals surface area contributed by atoms with Crippen LogP contribution in [0.4, 0.5) is 4.79 Å². The van der Waals surface area contributed by atoms with Crippen molar-refractivity contribution in [3.8, 4) is 0 Å². The molecule has 2 rings (SSSR count). The van der Waals surface area contributed by atoms with Crippen molar-refractivity contribution in [3.05, 3.63) is 12.5 Å². The van der Waals surface area contributed by atoms with Gasteiger partial charge in [-0.05, 0) is 19.8 Å². The van der Waals surface area contributed by atoms with Crippen LogP contribution < -0.4 is 5.32 Å². The fraction of sp³-hybridized carbons (Fsp3) is 0.636. The number of ether oxygens (including phenoxy) is 1. The Morgan fingerprint density at radius 3 is 3.10 bits per heavy atom. The summed E-state index contributed by atoms with van der Waals surface area (Å²) in [5.41, 5.74) is 0. The number of carbonyl (C=O) groups is 1. The van der Waals surface area contributed by atoms with Gasteiger partial charge in [0.1, 0.15) is 0 Å². The molecule has 0 aromatic carbocycles. The molecule has 1 aliphatic heterocycles. The quantitative estimate of drug-likeness (QED) is 0.833. The smallest absolute Gasteiger partial charge is 0.407 e. The Bertz CT molecular complexity index is 543. The molecule has 0 saturated carbocycles. The zero-order valence-corrected chi connectivity index (χ0v) is 12.0. The van der Waals surface area contributed by atoms with Crippen LogP contribution in [0.2, 0.25) is 0 Å². The number of aromatic nitrogens is 2. The average molecular weight is 302 g/mol. The lowest BCUT2D eigenvalue weighted by Gasteiger charge is -2.31. The second-order valence-electron chi connectivity index (χ2n) is 4.48. The number of rotatable bonds is 4. The maximum atomic E-state index is 12.3. The summed E-state index contributed by atoms with van der Waals surface area (Å²) >= 11 is 0. The van der Waals surface area contributed by atoms with Crippen molar-refractivity contribution in [3.63, 3.8) is 0 Å². The molecule has 2 heterocycles. The van der Waals surface area contributed by atoms with Gasteiger partial charge >= 0.3 is 6.09 Å². The van der Waals surface area contributed by atoms with Crippen molar-refractivity contribution in [2.45, 2.75) is 30.8 Å². The number of H-pyrrole nitrogens is 1. The van der Waals surface area contributed by atoms with E-state index >= 15 is 0 Å². The Labute approximate surface area is 117 Å². The minimum Gasteiger partial charge on any atom is -0.450 e. The number of alkyl carbamates (subject to hydrolysis) is 1. The van der Waals surface area contributed by atoms with E-state index in [9.17, 15) is 13.2 Å². The highest BCUT2D eigenvalue weighted by Crippen LogP contribution is 2.18. The second kappa shape index (κ2) is 6.23. The fourth-order valence-corrected chi connectivity index (χ4v) is 3.56. The monoisotopic (exact) mass is 302 g/mol. The summed E-state index contributed by atoms with van der Waals surface area (Å²) in [4.78, 5) is 17.7. The minimum atomic E-state index is -3.58. The van der Waals surface area contributed by atoms with Gasteiger partial charge in [-0.1, -0.05) is 0 Å². The number of hydrogen-bond donors (Lipinski definition) is 2. The van der Waals surface area contributed by atoms with Gasteiger partial charge in [-0.3, -0.25) is 0 Å². The molecule has 20 heavy (non-hydrogen) atoms. The predicted octanol–water partition coefficient (Wildman–Crippen LogP) is 0.309. The van der Waals surface area contributed by atoms with Crippen molar-refractivity contribution in [1.29, 1.82) is 0 Å². The molecular weight excluding hydrogens is 284 g/mol. The molecule has 112 valence electrons. The van der Waals surface area contributed by atoms with E-state index < -0.39 is 16.1 Å². The van der Waals surface area contributed by atoms with E-state index in [2.05, 4.69) is 15.3 Å². The van der Waals surface area contributed by atoms with Gasteiger partial charge in [0.15, 0.2) is 5.03 Å². The number of hydrogen-bond acceptors (Lipinski definition) is 5.